The van der Waals surface area contributed by atoms with Gasteiger partial charge in [0.25, 0.3) is 10.0 Å². The summed E-state index contributed by atoms with van der Waals surface area (Å²) in [6.45, 7) is 0. The number of aromatic amines is 1. The molecule has 0 bridgehead atoms. The first-order chi connectivity index (χ1) is 6.68. The number of nitrogens with zero attached hydrogens (tertiary/aromatic N) is 2. The van der Waals surface area contributed by atoms with Crippen molar-refractivity contribution in [2.45, 2.75) is 5.03 Å². The molecule has 2 N–H and O–H groups in total. The molecule has 2 heterocycles. The van der Waals surface area contributed by atoms with Gasteiger partial charge in [-0.3, -0.25) is 9.82 Å². The van der Waals surface area contributed by atoms with Crippen LogP contribution in [-0.4, -0.2) is 23.8 Å². The van der Waals surface area contributed by atoms with Gasteiger partial charge < -0.3 is 4.52 Å². The van der Waals surface area contributed by atoms with Gasteiger partial charge in [0.1, 0.15) is 12.0 Å². The van der Waals surface area contributed by atoms with Crippen LogP contribution in [0.4, 0.5) is 5.69 Å². The fourth-order valence-electron chi connectivity index (χ4n) is 0.858. The second-order valence-corrected chi connectivity index (χ2v) is 4.09. The van der Waals surface area contributed by atoms with Crippen molar-refractivity contribution < 1.29 is 12.9 Å². The quantitative estimate of drug-likeness (QED) is 0.759. The van der Waals surface area contributed by atoms with Gasteiger partial charge in [0, 0.05) is 0 Å². The Bertz CT molecular complexity index is 487. The highest BCUT2D eigenvalue weighted by atomic mass is 32.2. The van der Waals surface area contributed by atoms with E-state index in [9.17, 15) is 8.42 Å². The van der Waals surface area contributed by atoms with Crippen molar-refractivity contribution in [2.75, 3.05) is 4.72 Å². The molecule has 8 heteroatoms. The van der Waals surface area contributed by atoms with E-state index in [4.69, 9.17) is 0 Å². The van der Waals surface area contributed by atoms with Gasteiger partial charge in [-0.1, -0.05) is 5.16 Å². The van der Waals surface area contributed by atoms with Gasteiger partial charge in [0.15, 0.2) is 5.03 Å². The molecule has 7 nitrogen and oxygen atoms in total. The fraction of sp³-hybridized carbons (Fsp3) is 0. The van der Waals surface area contributed by atoms with E-state index >= 15 is 0 Å². The van der Waals surface area contributed by atoms with E-state index in [0.29, 0.717) is 0 Å². The molecular formula is C6H6N4O3S. The lowest BCUT2D eigenvalue weighted by Gasteiger charge is -2.00. The Balaban J connectivity index is 2.27. The van der Waals surface area contributed by atoms with Crippen molar-refractivity contribution in [1.82, 2.24) is 15.4 Å². The van der Waals surface area contributed by atoms with Crippen LogP contribution < -0.4 is 4.72 Å². The highest BCUT2D eigenvalue weighted by Gasteiger charge is 2.15. The van der Waals surface area contributed by atoms with Crippen molar-refractivity contribution in [3.05, 3.63) is 24.7 Å². The third kappa shape index (κ3) is 1.59. The average Bonchev–Trinajstić information content (AvgIpc) is 2.71. The monoisotopic (exact) mass is 214 g/mol. The lowest BCUT2D eigenvalue weighted by Crippen LogP contribution is -2.12. The summed E-state index contributed by atoms with van der Waals surface area (Å²) in [5.74, 6) is 0. The summed E-state index contributed by atoms with van der Waals surface area (Å²) < 4.78 is 29.7. The predicted octanol–water partition coefficient (Wildman–Crippen LogP) is 0.198. The molecule has 74 valence electrons. The van der Waals surface area contributed by atoms with Crippen LogP contribution in [0.2, 0.25) is 0 Å². The van der Waals surface area contributed by atoms with E-state index in [0.717, 1.165) is 0 Å². The SMILES string of the molecule is O=S(=O)(Nc1cnoc1)c1ccn[nH]1. The molecule has 0 spiro atoms. The van der Waals surface area contributed by atoms with E-state index in [1.165, 1.54) is 24.7 Å². The molecular weight excluding hydrogens is 208 g/mol. The standard InChI is InChI=1S/C6H6N4O3S/c11-14(12,6-1-2-7-9-6)10-5-3-8-13-4-5/h1-4,10H,(H,7,9). The topological polar surface area (TPSA) is 101 Å². The molecule has 0 fully saturated rings. The summed E-state index contributed by atoms with van der Waals surface area (Å²) in [4.78, 5) is 0. The van der Waals surface area contributed by atoms with Crippen molar-refractivity contribution in [3.8, 4) is 0 Å². The Morgan fingerprint density at radius 1 is 1.50 bits per heavy atom. The molecule has 0 amide bonds. The molecule has 2 aromatic rings. The van der Waals surface area contributed by atoms with Crippen molar-refractivity contribution >= 4 is 15.7 Å². The third-order valence-corrected chi connectivity index (χ3v) is 2.76. The Kier molecular flexibility index (Phi) is 1.97. The number of hydrogen-bond donors (Lipinski definition) is 2. The zero-order valence-electron chi connectivity index (χ0n) is 6.84. The minimum atomic E-state index is -3.61. The van der Waals surface area contributed by atoms with Gasteiger partial charge in [-0.15, -0.1) is 0 Å². The van der Waals surface area contributed by atoms with Crippen LogP contribution in [0.1, 0.15) is 0 Å². The van der Waals surface area contributed by atoms with E-state index in [-0.39, 0.29) is 10.7 Å². The van der Waals surface area contributed by atoms with Gasteiger partial charge in [0.05, 0.1) is 12.4 Å². The Morgan fingerprint density at radius 2 is 2.36 bits per heavy atom. The molecule has 0 saturated carbocycles. The number of rotatable bonds is 3. The summed E-state index contributed by atoms with van der Waals surface area (Å²) in [6, 6.07) is 1.34. The zero-order valence-corrected chi connectivity index (χ0v) is 7.65. The van der Waals surface area contributed by atoms with Crippen molar-refractivity contribution in [3.63, 3.8) is 0 Å². The fourth-order valence-corrected chi connectivity index (χ4v) is 1.79. The lowest BCUT2D eigenvalue weighted by molar-refractivity contribution is 0.420. The van der Waals surface area contributed by atoms with Crippen LogP contribution in [0.3, 0.4) is 0 Å². The Labute approximate surface area is 79.2 Å². The van der Waals surface area contributed by atoms with Crippen LogP contribution in [0.5, 0.6) is 0 Å². The molecule has 0 aliphatic carbocycles. The minimum Gasteiger partial charge on any atom is -0.362 e. The predicted molar refractivity (Wildman–Crippen MR) is 45.9 cm³/mol. The summed E-state index contributed by atoms with van der Waals surface area (Å²) in [5, 5.41) is 9.22. The summed E-state index contributed by atoms with van der Waals surface area (Å²) in [5.41, 5.74) is 0.264. The number of hydrogen-bond acceptors (Lipinski definition) is 5. The smallest absolute Gasteiger partial charge is 0.278 e. The molecule has 0 aliphatic heterocycles. The number of sulfonamides is 1. The first-order valence-electron chi connectivity index (χ1n) is 3.60. The van der Waals surface area contributed by atoms with Gasteiger partial charge in [-0.25, -0.2) is 0 Å². The van der Waals surface area contributed by atoms with Crippen LogP contribution in [-0.2, 0) is 10.0 Å². The molecule has 0 aromatic carbocycles. The molecule has 0 saturated heterocycles. The highest BCUT2D eigenvalue weighted by molar-refractivity contribution is 7.92. The first kappa shape index (κ1) is 8.75. The van der Waals surface area contributed by atoms with Crippen molar-refractivity contribution in [2.24, 2.45) is 0 Å². The molecule has 14 heavy (non-hydrogen) atoms. The molecule has 0 radical (unpaired) electrons. The first-order valence-corrected chi connectivity index (χ1v) is 5.08. The summed E-state index contributed by atoms with van der Waals surface area (Å²) >= 11 is 0. The Morgan fingerprint density at radius 3 is 2.93 bits per heavy atom. The largest absolute Gasteiger partial charge is 0.362 e. The summed E-state index contributed by atoms with van der Waals surface area (Å²) in [7, 11) is -3.61. The van der Waals surface area contributed by atoms with Gasteiger partial charge in [-0.2, -0.15) is 13.5 Å². The average molecular weight is 214 g/mol. The van der Waals surface area contributed by atoms with Crippen LogP contribution in [0.15, 0.2) is 34.3 Å². The molecule has 0 aliphatic rings. The maximum Gasteiger partial charge on any atom is 0.278 e. The second-order valence-electron chi connectivity index (χ2n) is 2.44. The summed E-state index contributed by atoms with van der Waals surface area (Å²) in [6.07, 6.45) is 3.80. The number of aromatic nitrogens is 3. The zero-order chi connectivity index (χ0) is 10.0. The maximum absolute atomic E-state index is 11.5. The van der Waals surface area contributed by atoms with Gasteiger partial charge in [-0.05, 0) is 6.07 Å². The van der Waals surface area contributed by atoms with Gasteiger partial charge >= 0.3 is 0 Å². The van der Waals surface area contributed by atoms with Crippen LogP contribution >= 0.6 is 0 Å². The molecule has 2 rings (SSSR count). The minimum absolute atomic E-state index is 0.0151. The van der Waals surface area contributed by atoms with Crippen LogP contribution in [0, 0.1) is 0 Å². The number of nitrogens with one attached hydrogen (secondary N) is 2. The Hall–Kier alpha value is -1.83. The lowest BCUT2D eigenvalue weighted by atomic mass is 10.6. The number of anilines is 1. The number of H-pyrrole nitrogens is 1. The third-order valence-electron chi connectivity index (χ3n) is 1.45. The van der Waals surface area contributed by atoms with Crippen LogP contribution in [0.25, 0.3) is 0 Å². The second kappa shape index (κ2) is 3.14. The highest BCUT2D eigenvalue weighted by Crippen LogP contribution is 2.11. The van der Waals surface area contributed by atoms with E-state index in [1.54, 1.807) is 0 Å². The van der Waals surface area contributed by atoms with E-state index in [2.05, 4.69) is 24.6 Å². The molecule has 2 aromatic heterocycles. The van der Waals surface area contributed by atoms with E-state index in [1.807, 2.05) is 0 Å². The normalized spacial score (nSPS) is 11.4. The molecule has 0 atom stereocenters. The van der Waals surface area contributed by atoms with Gasteiger partial charge in [0.2, 0.25) is 0 Å². The molecule has 0 unspecified atom stereocenters. The van der Waals surface area contributed by atoms with Crippen molar-refractivity contribution in [1.29, 1.82) is 0 Å². The van der Waals surface area contributed by atoms with E-state index < -0.39 is 10.0 Å². The maximum atomic E-state index is 11.5.